The zero-order valence-electron chi connectivity index (χ0n) is 16.5. The summed E-state index contributed by atoms with van der Waals surface area (Å²) in [4.78, 5) is 47.6. The van der Waals surface area contributed by atoms with Gasteiger partial charge in [-0.05, 0) is 25.3 Å². The molecule has 0 aliphatic heterocycles. The molecule has 0 saturated carbocycles. The van der Waals surface area contributed by atoms with E-state index in [1.165, 1.54) is 6.92 Å². The maximum absolute atomic E-state index is 12.6. The van der Waals surface area contributed by atoms with Crippen molar-refractivity contribution in [1.82, 2.24) is 16.0 Å². The van der Waals surface area contributed by atoms with Gasteiger partial charge in [0.2, 0.25) is 17.7 Å². The quantitative estimate of drug-likeness (QED) is 0.422. The Kier molecular flexibility index (Phi) is 9.56. The molecule has 4 N–H and O–H groups in total. The number of hydrogen-bond donors (Lipinski definition) is 4. The highest BCUT2D eigenvalue weighted by Gasteiger charge is 2.25. The standard InChI is InChI=1S/C20H28N4O4/c1-4-17(23-14(3)25)20(28)24-18(10-9-16(26)11-21)19(27)22-12-15-7-5-13(2)6-8-15/h5-8,11,17-18,21H,4,9-10,12H2,1-3H3,(H,22,27)(H,23,25)(H,24,28)/t17-,18-/m0/s1. The maximum Gasteiger partial charge on any atom is 0.243 e. The molecule has 0 aliphatic rings. The van der Waals surface area contributed by atoms with Crippen LogP contribution in [0.15, 0.2) is 24.3 Å². The Bertz CT molecular complexity index is 715. The molecule has 1 rings (SSSR count). The number of nitrogens with one attached hydrogen (secondary N) is 4. The highest BCUT2D eigenvalue weighted by atomic mass is 16.2. The molecule has 0 aromatic heterocycles. The molecule has 0 heterocycles. The van der Waals surface area contributed by atoms with Gasteiger partial charge < -0.3 is 21.4 Å². The number of rotatable bonds is 11. The first-order chi connectivity index (χ1) is 13.3. The van der Waals surface area contributed by atoms with Crippen molar-refractivity contribution in [3.8, 4) is 0 Å². The van der Waals surface area contributed by atoms with E-state index in [0.717, 1.165) is 11.1 Å². The number of carbonyl (C=O) groups excluding carboxylic acids is 4. The van der Waals surface area contributed by atoms with Crippen LogP contribution < -0.4 is 16.0 Å². The molecule has 0 radical (unpaired) electrons. The molecule has 3 amide bonds. The number of aryl methyl sites for hydroxylation is 1. The SMILES string of the molecule is CC[C@H](NC(C)=O)C(=O)N[C@@H](CCC(=O)C=N)C(=O)NCc1ccc(C)cc1. The molecule has 8 nitrogen and oxygen atoms in total. The van der Waals surface area contributed by atoms with Crippen molar-refractivity contribution < 1.29 is 19.2 Å². The van der Waals surface area contributed by atoms with E-state index in [9.17, 15) is 19.2 Å². The van der Waals surface area contributed by atoms with E-state index in [0.29, 0.717) is 12.6 Å². The van der Waals surface area contributed by atoms with Gasteiger partial charge in [0, 0.05) is 19.9 Å². The second-order valence-electron chi connectivity index (χ2n) is 6.58. The monoisotopic (exact) mass is 388 g/mol. The molecule has 28 heavy (non-hydrogen) atoms. The topological polar surface area (TPSA) is 128 Å². The van der Waals surface area contributed by atoms with Crippen molar-refractivity contribution in [3.63, 3.8) is 0 Å². The number of carbonyl (C=O) groups is 4. The molecule has 0 spiro atoms. The average molecular weight is 388 g/mol. The number of hydrogen-bond acceptors (Lipinski definition) is 5. The highest BCUT2D eigenvalue weighted by Crippen LogP contribution is 2.05. The first-order valence-corrected chi connectivity index (χ1v) is 9.20. The van der Waals surface area contributed by atoms with Gasteiger partial charge in [0.05, 0.1) is 6.21 Å². The first kappa shape index (κ1) is 23.0. The molecule has 0 bridgehead atoms. The summed E-state index contributed by atoms with van der Waals surface area (Å²) in [6.07, 6.45) is 1.08. The zero-order valence-corrected chi connectivity index (χ0v) is 16.5. The average Bonchev–Trinajstić information content (AvgIpc) is 2.67. The third-order valence-corrected chi connectivity index (χ3v) is 4.16. The van der Waals surface area contributed by atoms with E-state index >= 15 is 0 Å². The second kappa shape index (κ2) is 11.6. The van der Waals surface area contributed by atoms with Gasteiger partial charge in [0.25, 0.3) is 0 Å². The van der Waals surface area contributed by atoms with Gasteiger partial charge in [-0.2, -0.15) is 0 Å². The predicted molar refractivity (Wildman–Crippen MR) is 106 cm³/mol. The molecule has 1 aromatic carbocycles. The number of ketones is 1. The lowest BCUT2D eigenvalue weighted by Crippen LogP contribution is -2.53. The summed E-state index contributed by atoms with van der Waals surface area (Å²) in [5.41, 5.74) is 2.01. The van der Waals surface area contributed by atoms with Crippen LogP contribution in [0.25, 0.3) is 0 Å². The van der Waals surface area contributed by atoms with Crippen LogP contribution in [0.3, 0.4) is 0 Å². The van der Waals surface area contributed by atoms with Gasteiger partial charge in [-0.3, -0.25) is 19.2 Å². The third kappa shape index (κ3) is 8.11. The van der Waals surface area contributed by atoms with Gasteiger partial charge in [-0.15, -0.1) is 0 Å². The summed E-state index contributed by atoms with van der Waals surface area (Å²) in [5, 5.41) is 14.9. The summed E-state index contributed by atoms with van der Waals surface area (Å²) in [6, 6.07) is 5.95. The highest BCUT2D eigenvalue weighted by molar-refractivity contribution is 6.26. The Balaban J connectivity index is 2.78. The largest absolute Gasteiger partial charge is 0.350 e. The number of amides is 3. The van der Waals surface area contributed by atoms with Gasteiger partial charge in [0.1, 0.15) is 12.1 Å². The van der Waals surface area contributed by atoms with E-state index < -0.39 is 29.7 Å². The van der Waals surface area contributed by atoms with E-state index in [2.05, 4.69) is 16.0 Å². The Morgan fingerprint density at radius 1 is 1.04 bits per heavy atom. The molecule has 0 unspecified atom stereocenters. The Hall–Kier alpha value is -3.03. The molecule has 2 atom stereocenters. The van der Waals surface area contributed by atoms with E-state index in [1.807, 2.05) is 31.2 Å². The number of Topliss-reactive ketones (excluding diaryl/α,β-unsaturated/α-hetero) is 1. The summed E-state index contributed by atoms with van der Waals surface area (Å²) < 4.78 is 0. The normalized spacial score (nSPS) is 12.4. The van der Waals surface area contributed by atoms with E-state index in [1.54, 1.807) is 6.92 Å². The fourth-order valence-corrected chi connectivity index (χ4v) is 2.52. The lowest BCUT2D eigenvalue weighted by molar-refractivity contribution is -0.132. The van der Waals surface area contributed by atoms with Crippen LogP contribution in [0.5, 0.6) is 0 Å². The van der Waals surface area contributed by atoms with Crippen LogP contribution in [0.4, 0.5) is 0 Å². The van der Waals surface area contributed by atoms with Crippen molar-refractivity contribution >= 4 is 29.7 Å². The molecular formula is C20H28N4O4. The molecule has 0 fully saturated rings. The Labute approximate surface area is 165 Å². The van der Waals surface area contributed by atoms with Crippen LogP contribution in [0.2, 0.25) is 0 Å². The van der Waals surface area contributed by atoms with Crippen LogP contribution in [0.1, 0.15) is 44.2 Å². The fraction of sp³-hybridized carbons (Fsp3) is 0.450. The maximum atomic E-state index is 12.6. The molecule has 152 valence electrons. The Morgan fingerprint density at radius 2 is 1.68 bits per heavy atom. The molecule has 1 aromatic rings. The minimum atomic E-state index is -0.940. The van der Waals surface area contributed by atoms with Crippen molar-refractivity contribution in [1.29, 1.82) is 5.41 Å². The van der Waals surface area contributed by atoms with Gasteiger partial charge in [-0.1, -0.05) is 36.8 Å². The van der Waals surface area contributed by atoms with E-state index in [-0.39, 0.29) is 25.3 Å². The van der Waals surface area contributed by atoms with Crippen molar-refractivity contribution in [2.24, 2.45) is 0 Å². The lowest BCUT2D eigenvalue weighted by atomic mass is 10.1. The summed E-state index contributed by atoms with van der Waals surface area (Å²) in [6.45, 7) is 5.30. The zero-order chi connectivity index (χ0) is 21.1. The summed E-state index contributed by atoms with van der Waals surface area (Å²) in [7, 11) is 0. The second-order valence-corrected chi connectivity index (χ2v) is 6.58. The molecule has 0 saturated heterocycles. The fourth-order valence-electron chi connectivity index (χ4n) is 2.52. The Morgan fingerprint density at radius 3 is 2.21 bits per heavy atom. The van der Waals surface area contributed by atoms with Gasteiger partial charge >= 0.3 is 0 Å². The minimum Gasteiger partial charge on any atom is -0.350 e. The molecule has 0 aliphatic carbocycles. The van der Waals surface area contributed by atoms with Gasteiger partial charge in [-0.25, -0.2) is 0 Å². The third-order valence-electron chi connectivity index (χ3n) is 4.16. The lowest BCUT2D eigenvalue weighted by Gasteiger charge is -2.22. The minimum absolute atomic E-state index is 0.0384. The number of benzene rings is 1. The molecular weight excluding hydrogens is 360 g/mol. The van der Waals surface area contributed by atoms with Crippen molar-refractivity contribution in [3.05, 3.63) is 35.4 Å². The first-order valence-electron chi connectivity index (χ1n) is 9.20. The smallest absolute Gasteiger partial charge is 0.243 e. The van der Waals surface area contributed by atoms with Crippen LogP contribution in [0, 0.1) is 12.3 Å². The molecule has 8 heteroatoms. The summed E-state index contributed by atoms with van der Waals surface area (Å²) >= 11 is 0. The van der Waals surface area contributed by atoms with Gasteiger partial charge in [0.15, 0.2) is 5.78 Å². The van der Waals surface area contributed by atoms with Crippen molar-refractivity contribution in [2.75, 3.05) is 0 Å². The van der Waals surface area contributed by atoms with Crippen LogP contribution >= 0.6 is 0 Å². The summed E-state index contributed by atoms with van der Waals surface area (Å²) in [5.74, 6) is -1.69. The van der Waals surface area contributed by atoms with Crippen molar-refractivity contribution in [2.45, 2.75) is 58.7 Å². The van der Waals surface area contributed by atoms with Crippen LogP contribution in [-0.2, 0) is 25.7 Å². The van der Waals surface area contributed by atoms with Crippen LogP contribution in [-0.4, -0.2) is 41.8 Å². The van der Waals surface area contributed by atoms with E-state index in [4.69, 9.17) is 5.41 Å². The predicted octanol–water partition coefficient (Wildman–Crippen LogP) is 1.01.